The van der Waals surface area contributed by atoms with Gasteiger partial charge in [-0.3, -0.25) is 5.41 Å². The molecule has 5 heteroatoms. The van der Waals surface area contributed by atoms with E-state index in [1.54, 1.807) is 7.11 Å². The topological polar surface area (TPSA) is 68.3 Å². The summed E-state index contributed by atoms with van der Waals surface area (Å²) in [6, 6.07) is 15.3. The quantitative estimate of drug-likeness (QED) is 0.636. The molecule has 3 N–H and O–H groups in total. The minimum atomic E-state index is 0. The van der Waals surface area contributed by atoms with Crippen molar-refractivity contribution in [2.75, 3.05) is 7.11 Å². The number of halogens is 1. The van der Waals surface area contributed by atoms with Crippen LogP contribution < -0.4 is 10.5 Å². The molecule has 0 aliphatic carbocycles. The van der Waals surface area contributed by atoms with E-state index >= 15 is 0 Å². The number of hydrogen-bond acceptors (Lipinski definition) is 3. The summed E-state index contributed by atoms with van der Waals surface area (Å²) in [6.07, 6.45) is 0. The van der Waals surface area contributed by atoms with Gasteiger partial charge >= 0.3 is 0 Å². The summed E-state index contributed by atoms with van der Waals surface area (Å²) >= 11 is 0. The van der Waals surface area contributed by atoms with Crippen LogP contribution >= 0.6 is 12.4 Å². The summed E-state index contributed by atoms with van der Waals surface area (Å²) in [5.74, 6) is 0.890. The monoisotopic (exact) mass is 306 g/mol. The number of ether oxygens (including phenoxy) is 2. The normalized spacial score (nSPS) is 9.76. The lowest BCUT2D eigenvalue weighted by atomic mass is 10.1. The Hall–Kier alpha value is -2.04. The van der Waals surface area contributed by atoms with Gasteiger partial charge in [-0.1, -0.05) is 36.4 Å². The molecule has 0 aliphatic heterocycles. The lowest BCUT2D eigenvalue weighted by Gasteiger charge is -2.09. The van der Waals surface area contributed by atoms with Crippen LogP contribution in [0.4, 0.5) is 0 Å². The molecule has 0 atom stereocenters. The number of para-hydroxylation sites is 1. The molecular weight excluding hydrogens is 288 g/mol. The summed E-state index contributed by atoms with van der Waals surface area (Å²) in [5.41, 5.74) is 8.18. The van der Waals surface area contributed by atoms with E-state index in [0.717, 1.165) is 16.9 Å². The number of amidine groups is 1. The van der Waals surface area contributed by atoms with Gasteiger partial charge in [0, 0.05) is 11.1 Å². The zero-order valence-electron chi connectivity index (χ0n) is 11.8. The van der Waals surface area contributed by atoms with Crippen LogP contribution in [0.25, 0.3) is 0 Å². The van der Waals surface area contributed by atoms with Gasteiger partial charge in [-0.15, -0.1) is 12.4 Å². The second-order valence-electron chi connectivity index (χ2n) is 4.42. The lowest BCUT2D eigenvalue weighted by Crippen LogP contribution is -2.11. The third-order valence-electron chi connectivity index (χ3n) is 2.96. The summed E-state index contributed by atoms with van der Waals surface area (Å²) in [7, 11) is 1.65. The molecule has 0 heterocycles. The maximum atomic E-state index is 7.42. The van der Waals surface area contributed by atoms with E-state index in [2.05, 4.69) is 0 Å². The Morgan fingerprint density at radius 2 is 1.86 bits per heavy atom. The molecule has 0 aromatic heterocycles. The molecule has 0 bridgehead atoms. The lowest BCUT2D eigenvalue weighted by molar-refractivity contribution is 0.105. The van der Waals surface area contributed by atoms with Crippen LogP contribution in [0.1, 0.15) is 16.7 Å². The fourth-order valence-corrected chi connectivity index (χ4v) is 1.93. The number of benzene rings is 2. The Labute approximate surface area is 130 Å². The highest BCUT2D eigenvalue weighted by atomic mass is 35.5. The summed E-state index contributed by atoms with van der Waals surface area (Å²) in [4.78, 5) is 0. The number of rotatable bonds is 6. The number of nitrogens with two attached hydrogens (primary N) is 1. The first-order chi connectivity index (χ1) is 9.70. The van der Waals surface area contributed by atoms with Crippen molar-refractivity contribution in [3.8, 4) is 5.75 Å². The van der Waals surface area contributed by atoms with Crippen molar-refractivity contribution in [3.05, 3.63) is 65.2 Å². The van der Waals surface area contributed by atoms with Gasteiger partial charge in [-0.25, -0.2) is 0 Å². The van der Waals surface area contributed by atoms with Crippen LogP contribution in [0.15, 0.2) is 48.5 Å². The molecule has 0 aliphatic rings. The highest BCUT2D eigenvalue weighted by molar-refractivity contribution is 5.95. The van der Waals surface area contributed by atoms with Gasteiger partial charge in [0.1, 0.15) is 11.6 Å². The average Bonchev–Trinajstić information content (AvgIpc) is 2.48. The Morgan fingerprint density at radius 1 is 1.10 bits per heavy atom. The predicted octanol–water partition coefficient (Wildman–Crippen LogP) is 3.12. The number of nitrogen functional groups attached to an aromatic ring is 1. The van der Waals surface area contributed by atoms with Gasteiger partial charge in [0.2, 0.25) is 0 Å². The summed E-state index contributed by atoms with van der Waals surface area (Å²) in [5, 5.41) is 7.42. The van der Waals surface area contributed by atoms with Crippen LogP contribution in [-0.4, -0.2) is 12.9 Å². The Morgan fingerprint density at radius 3 is 2.57 bits per heavy atom. The standard InChI is InChI=1S/C16H18N2O2.ClH/c1-19-15-8-3-2-6-14(15)11-20-10-12-5-4-7-13(9-12)16(17)18;/h2-9H,10-11H2,1H3,(H3,17,18);1H. The van der Waals surface area contributed by atoms with Crippen LogP contribution in [0.5, 0.6) is 5.75 Å². The van der Waals surface area contributed by atoms with E-state index < -0.39 is 0 Å². The maximum Gasteiger partial charge on any atom is 0.124 e. The number of methoxy groups -OCH3 is 1. The third kappa shape index (κ3) is 4.77. The largest absolute Gasteiger partial charge is 0.496 e. The van der Waals surface area contributed by atoms with Crippen molar-refractivity contribution < 1.29 is 9.47 Å². The predicted molar refractivity (Wildman–Crippen MR) is 86.2 cm³/mol. The van der Waals surface area contributed by atoms with Crippen molar-refractivity contribution in [2.45, 2.75) is 13.2 Å². The first-order valence-corrected chi connectivity index (χ1v) is 6.33. The molecule has 2 aromatic rings. The van der Waals surface area contributed by atoms with Crippen molar-refractivity contribution in [3.63, 3.8) is 0 Å². The van der Waals surface area contributed by atoms with E-state index in [4.69, 9.17) is 20.6 Å². The number of nitrogens with one attached hydrogen (secondary N) is 1. The van der Waals surface area contributed by atoms with Crippen LogP contribution in [0.3, 0.4) is 0 Å². The minimum Gasteiger partial charge on any atom is -0.496 e. The summed E-state index contributed by atoms with van der Waals surface area (Å²) in [6.45, 7) is 0.952. The molecule has 21 heavy (non-hydrogen) atoms. The van der Waals surface area contributed by atoms with Gasteiger partial charge in [-0.05, 0) is 17.7 Å². The van der Waals surface area contributed by atoms with Crippen molar-refractivity contribution in [1.82, 2.24) is 0 Å². The van der Waals surface area contributed by atoms with E-state index in [-0.39, 0.29) is 18.2 Å². The van der Waals surface area contributed by atoms with Gasteiger partial charge in [0.05, 0.1) is 20.3 Å². The molecule has 0 unspecified atom stereocenters. The minimum absolute atomic E-state index is 0. The summed E-state index contributed by atoms with van der Waals surface area (Å²) < 4.78 is 11.0. The molecule has 4 nitrogen and oxygen atoms in total. The molecule has 2 rings (SSSR count). The fraction of sp³-hybridized carbons (Fsp3) is 0.188. The number of hydrogen-bond donors (Lipinski definition) is 2. The van der Waals surface area contributed by atoms with Crippen molar-refractivity contribution >= 4 is 18.2 Å². The molecular formula is C16H19ClN2O2. The van der Waals surface area contributed by atoms with Gasteiger partial charge in [-0.2, -0.15) is 0 Å². The van der Waals surface area contributed by atoms with Gasteiger partial charge < -0.3 is 15.2 Å². The van der Waals surface area contributed by atoms with Crippen LogP contribution in [-0.2, 0) is 18.0 Å². The maximum absolute atomic E-state index is 7.42. The van der Waals surface area contributed by atoms with E-state index in [0.29, 0.717) is 18.8 Å². The zero-order chi connectivity index (χ0) is 14.4. The second-order valence-corrected chi connectivity index (χ2v) is 4.42. The van der Waals surface area contributed by atoms with Gasteiger partial charge in [0.25, 0.3) is 0 Å². The van der Waals surface area contributed by atoms with E-state index in [9.17, 15) is 0 Å². The molecule has 0 radical (unpaired) electrons. The Bertz CT molecular complexity index is 602. The smallest absolute Gasteiger partial charge is 0.124 e. The molecule has 0 spiro atoms. The average molecular weight is 307 g/mol. The third-order valence-corrected chi connectivity index (χ3v) is 2.96. The molecule has 112 valence electrons. The molecule has 2 aromatic carbocycles. The SMILES string of the molecule is COc1ccccc1COCc1cccc(C(=N)N)c1.Cl. The first-order valence-electron chi connectivity index (χ1n) is 6.33. The molecule has 0 amide bonds. The van der Waals surface area contributed by atoms with Gasteiger partial charge in [0.15, 0.2) is 0 Å². The van der Waals surface area contributed by atoms with Crippen LogP contribution in [0, 0.1) is 5.41 Å². The second kappa shape index (κ2) is 8.29. The highest BCUT2D eigenvalue weighted by Crippen LogP contribution is 2.18. The fourth-order valence-electron chi connectivity index (χ4n) is 1.93. The van der Waals surface area contributed by atoms with Crippen molar-refractivity contribution in [1.29, 1.82) is 5.41 Å². The van der Waals surface area contributed by atoms with Crippen molar-refractivity contribution in [2.24, 2.45) is 5.73 Å². The first kappa shape index (κ1) is 17.0. The Balaban J connectivity index is 0.00000220. The Kier molecular flexibility index (Phi) is 6.72. The molecule has 0 saturated heterocycles. The van der Waals surface area contributed by atoms with E-state index in [1.165, 1.54) is 0 Å². The van der Waals surface area contributed by atoms with E-state index in [1.807, 2.05) is 48.5 Å². The molecule has 0 fully saturated rings. The highest BCUT2D eigenvalue weighted by Gasteiger charge is 2.03. The molecule has 0 saturated carbocycles. The zero-order valence-corrected chi connectivity index (χ0v) is 12.7. The van der Waals surface area contributed by atoms with Crippen LogP contribution in [0.2, 0.25) is 0 Å².